The lowest BCUT2D eigenvalue weighted by Crippen LogP contribution is -2.64. The maximum Gasteiger partial charge on any atom is 0.337 e. The molecule has 3 rings (SSSR count). The molecule has 136 valence electrons. The minimum absolute atomic E-state index is 0.133. The third-order valence-electron chi connectivity index (χ3n) is 4.82. The third kappa shape index (κ3) is 3.28. The molecule has 0 spiro atoms. The molecule has 2 aliphatic heterocycles. The van der Waals surface area contributed by atoms with Gasteiger partial charge in [0.05, 0.1) is 18.7 Å². The van der Waals surface area contributed by atoms with E-state index in [9.17, 15) is 9.59 Å². The van der Waals surface area contributed by atoms with Crippen molar-refractivity contribution in [1.82, 2.24) is 15.1 Å². The number of carbonyl (C=O) groups is 2. The molecular weight excluding hydrogens is 322 g/mol. The number of esters is 1. The summed E-state index contributed by atoms with van der Waals surface area (Å²) in [5, 5.41) is 3.04. The zero-order valence-electron chi connectivity index (χ0n) is 15.2. The Labute approximate surface area is 147 Å². The van der Waals surface area contributed by atoms with E-state index < -0.39 is 11.7 Å². The van der Waals surface area contributed by atoms with Crippen molar-refractivity contribution in [3.05, 3.63) is 29.3 Å². The summed E-state index contributed by atoms with van der Waals surface area (Å²) < 4.78 is 11.0. The van der Waals surface area contributed by atoms with Crippen LogP contribution in [0.1, 0.15) is 41.7 Å². The number of rotatable bonds is 5. The lowest BCUT2D eigenvalue weighted by molar-refractivity contribution is -0.0844. The molecule has 2 atom stereocenters. The first-order valence-electron chi connectivity index (χ1n) is 8.48. The lowest BCUT2D eigenvalue weighted by atomic mass is 9.89. The molecule has 0 radical (unpaired) electrons. The average Bonchev–Trinajstić information content (AvgIpc) is 2.56. The smallest absolute Gasteiger partial charge is 0.337 e. The number of carbonyl (C=O) groups excluding carboxylic acids is 2. The second-order valence-corrected chi connectivity index (χ2v) is 7.04. The van der Waals surface area contributed by atoms with E-state index in [1.165, 1.54) is 7.11 Å². The van der Waals surface area contributed by atoms with E-state index in [2.05, 4.69) is 10.2 Å². The quantitative estimate of drug-likeness (QED) is 0.825. The normalized spacial score (nSPS) is 24.4. The van der Waals surface area contributed by atoms with Crippen molar-refractivity contribution in [3.63, 3.8) is 0 Å². The van der Waals surface area contributed by atoms with Gasteiger partial charge in [-0.15, -0.1) is 0 Å². The number of fused-ring (bicyclic) bond motifs is 4. The number of hydrogen-bond acceptors (Lipinski definition) is 5. The molecule has 0 saturated carbocycles. The molecule has 0 aliphatic carbocycles. The third-order valence-corrected chi connectivity index (χ3v) is 4.82. The summed E-state index contributed by atoms with van der Waals surface area (Å²) in [4.78, 5) is 28.2. The zero-order chi connectivity index (χ0) is 18.2. The highest BCUT2D eigenvalue weighted by Gasteiger charge is 2.48. The van der Waals surface area contributed by atoms with Crippen molar-refractivity contribution in [2.75, 3.05) is 34.3 Å². The van der Waals surface area contributed by atoms with Crippen molar-refractivity contribution >= 4 is 12.0 Å². The molecule has 2 aliphatic rings. The Hall–Kier alpha value is -2.28. The summed E-state index contributed by atoms with van der Waals surface area (Å²) in [7, 11) is 5.38. The van der Waals surface area contributed by atoms with Crippen molar-refractivity contribution in [2.45, 2.75) is 31.5 Å². The molecule has 2 bridgehead atoms. The van der Waals surface area contributed by atoms with Gasteiger partial charge in [-0.1, -0.05) is 0 Å². The maximum atomic E-state index is 12.6. The van der Waals surface area contributed by atoms with Crippen LogP contribution in [0.25, 0.3) is 0 Å². The van der Waals surface area contributed by atoms with E-state index in [1.807, 2.05) is 21.0 Å². The van der Waals surface area contributed by atoms with Crippen molar-refractivity contribution < 1.29 is 19.1 Å². The molecule has 7 nitrogen and oxygen atoms in total. The average molecular weight is 347 g/mol. The van der Waals surface area contributed by atoms with E-state index in [1.54, 1.807) is 23.1 Å². The van der Waals surface area contributed by atoms with E-state index in [-0.39, 0.29) is 12.1 Å². The second kappa shape index (κ2) is 6.55. The molecule has 2 unspecified atom stereocenters. The van der Waals surface area contributed by atoms with Crippen LogP contribution >= 0.6 is 0 Å². The van der Waals surface area contributed by atoms with Gasteiger partial charge in [0.15, 0.2) is 5.72 Å². The Morgan fingerprint density at radius 3 is 2.92 bits per heavy atom. The molecule has 1 aromatic rings. The Balaban J connectivity index is 1.85. The number of urea groups is 1. The van der Waals surface area contributed by atoms with Gasteiger partial charge in [-0.3, -0.25) is 4.90 Å². The fraction of sp³-hybridized carbons (Fsp3) is 0.556. The second-order valence-electron chi connectivity index (χ2n) is 7.04. The summed E-state index contributed by atoms with van der Waals surface area (Å²) in [6.07, 6.45) is 1.51. The highest BCUT2D eigenvalue weighted by Crippen LogP contribution is 2.44. The van der Waals surface area contributed by atoms with Crippen molar-refractivity contribution in [2.24, 2.45) is 0 Å². The number of hydrogen-bond donors (Lipinski definition) is 1. The molecule has 1 saturated heterocycles. The van der Waals surface area contributed by atoms with Gasteiger partial charge < -0.3 is 19.7 Å². The standard InChI is InChI=1S/C18H25N3O4/c1-18-11-14(19-17(23)21(18)9-5-8-20(2)3)13-10-12(16(22)24-4)6-7-15(13)25-18/h6-7,10,14H,5,8-9,11H2,1-4H3,(H,19,23). The molecular formula is C18H25N3O4. The molecule has 2 amide bonds. The molecule has 2 heterocycles. The number of amides is 2. The van der Waals surface area contributed by atoms with Gasteiger partial charge in [0.25, 0.3) is 0 Å². The first-order valence-corrected chi connectivity index (χ1v) is 8.48. The van der Waals surface area contributed by atoms with Gasteiger partial charge in [-0.05, 0) is 52.2 Å². The largest absolute Gasteiger partial charge is 0.468 e. The van der Waals surface area contributed by atoms with Crippen LogP contribution in [0.5, 0.6) is 5.75 Å². The van der Waals surface area contributed by atoms with Crippen LogP contribution in [0.3, 0.4) is 0 Å². The van der Waals surface area contributed by atoms with Crippen LogP contribution in [0, 0.1) is 0 Å². The van der Waals surface area contributed by atoms with Gasteiger partial charge >= 0.3 is 12.0 Å². The van der Waals surface area contributed by atoms with Crippen LogP contribution in [0.4, 0.5) is 4.79 Å². The van der Waals surface area contributed by atoms with Gasteiger partial charge in [0.1, 0.15) is 5.75 Å². The van der Waals surface area contributed by atoms with Crippen LogP contribution < -0.4 is 10.1 Å². The first kappa shape index (κ1) is 17.5. The van der Waals surface area contributed by atoms with Crippen molar-refractivity contribution in [3.8, 4) is 5.75 Å². The Morgan fingerprint density at radius 2 is 2.24 bits per heavy atom. The van der Waals surface area contributed by atoms with E-state index in [0.717, 1.165) is 18.5 Å². The summed E-state index contributed by atoms with van der Waals surface area (Å²) in [6.45, 7) is 3.48. The highest BCUT2D eigenvalue weighted by molar-refractivity contribution is 5.90. The summed E-state index contributed by atoms with van der Waals surface area (Å²) >= 11 is 0. The van der Waals surface area contributed by atoms with Gasteiger partial charge in [-0.2, -0.15) is 0 Å². The predicted molar refractivity (Wildman–Crippen MR) is 92.6 cm³/mol. The number of benzene rings is 1. The topological polar surface area (TPSA) is 71.1 Å². The van der Waals surface area contributed by atoms with Crippen LogP contribution in [-0.2, 0) is 4.74 Å². The maximum absolute atomic E-state index is 12.6. The van der Waals surface area contributed by atoms with Gasteiger partial charge in [0, 0.05) is 18.5 Å². The van der Waals surface area contributed by atoms with Crippen molar-refractivity contribution in [1.29, 1.82) is 0 Å². The Bertz CT molecular complexity index is 691. The molecule has 1 aromatic carbocycles. The number of nitrogens with one attached hydrogen (secondary N) is 1. The van der Waals surface area contributed by atoms with Gasteiger partial charge in [0.2, 0.25) is 0 Å². The SMILES string of the molecule is COC(=O)c1ccc2c(c1)C1CC(C)(O2)N(CCCN(C)C)C(=O)N1. The van der Waals surface area contributed by atoms with Crippen LogP contribution in [0.15, 0.2) is 18.2 Å². The fourth-order valence-corrected chi connectivity index (χ4v) is 3.54. The number of ether oxygens (including phenoxy) is 2. The minimum Gasteiger partial charge on any atom is -0.468 e. The monoisotopic (exact) mass is 347 g/mol. The van der Waals surface area contributed by atoms with E-state index in [0.29, 0.717) is 24.3 Å². The Morgan fingerprint density at radius 1 is 1.48 bits per heavy atom. The predicted octanol–water partition coefficient (Wildman–Crippen LogP) is 1.99. The molecule has 0 aromatic heterocycles. The number of methoxy groups -OCH3 is 1. The lowest BCUT2D eigenvalue weighted by Gasteiger charge is -2.50. The van der Waals surface area contributed by atoms with Gasteiger partial charge in [-0.25, -0.2) is 9.59 Å². The highest BCUT2D eigenvalue weighted by atomic mass is 16.5. The number of nitrogens with zero attached hydrogens (tertiary/aromatic N) is 2. The molecule has 7 heteroatoms. The summed E-state index contributed by atoms with van der Waals surface area (Å²) in [5.41, 5.74) is 0.594. The summed E-state index contributed by atoms with van der Waals surface area (Å²) in [5.74, 6) is 0.299. The zero-order valence-corrected chi connectivity index (χ0v) is 15.2. The molecule has 25 heavy (non-hydrogen) atoms. The summed E-state index contributed by atoms with van der Waals surface area (Å²) in [6, 6.07) is 4.91. The Kier molecular flexibility index (Phi) is 4.60. The van der Waals surface area contributed by atoms with Crippen LogP contribution in [-0.4, -0.2) is 61.8 Å². The molecule has 1 fully saturated rings. The molecule has 1 N–H and O–H groups in total. The van der Waals surface area contributed by atoms with E-state index >= 15 is 0 Å². The minimum atomic E-state index is -0.681. The first-order chi connectivity index (χ1) is 11.8. The van der Waals surface area contributed by atoms with E-state index in [4.69, 9.17) is 9.47 Å². The fourth-order valence-electron chi connectivity index (χ4n) is 3.54. The van der Waals surface area contributed by atoms with Crippen LogP contribution in [0.2, 0.25) is 0 Å².